The summed E-state index contributed by atoms with van der Waals surface area (Å²) in [5, 5.41) is 18.8. The Labute approximate surface area is 83.4 Å². The van der Waals surface area contributed by atoms with E-state index in [-0.39, 0.29) is 18.4 Å². The zero-order valence-electron chi connectivity index (χ0n) is 8.49. The van der Waals surface area contributed by atoms with Gasteiger partial charge in [0.2, 0.25) is 0 Å². The van der Waals surface area contributed by atoms with E-state index < -0.39 is 0 Å². The van der Waals surface area contributed by atoms with Gasteiger partial charge in [-0.1, -0.05) is 6.92 Å². The summed E-state index contributed by atoms with van der Waals surface area (Å²) in [6.07, 6.45) is 2.27. The van der Waals surface area contributed by atoms with Crippen LogP contribution in [0, 0.1) is 6.92 Å². The van der Waals surface area contributed by atoms with E-state index in [0.717, 1.165) is 0 Å². The molecular weight excluding hydrogens is 180 g/mol. The minimum Gasteiger partial charge on any atom is -0.506 e. The molecule has 1 rings (SSSR count). The molecule has 4 nitrogen and oxygen atoms in total. The van der Waals surface area contributed by atoms with Crippen molar-refractivity contribution >= 4 is 0 Å². The van der Waals surface area contributed by atoms with E-state index in [1.54, 1.807) is 13.1 Å². The number of hydrogen-bond donors (Lipinski definition) is 3. The molecule has 1 aromatic heterocycles. The summed E-state index contributed by atoms with van der Waals surface area (Å²) in [7, 11) is 0. The third-order valence-electron chi connectivity index (χ3n) is 2.34. The van der Waals surface area contributed by atoms with Gasteiger partial charge in [0.15, 0.2) is 0 Å². The highest BCUT2D eigenvalue weighted by Gasteiger charge is 2.16. The molecule has 4 heteroatoms. The van der Waals surface area contributed by atoms with Crippen molar-refractivity contribution in [3.8, 4) is 5.75 Å². The van der Waals surface area contributed by atoms with Crippen LogP contribution in [0.15, 0.2) is 6.20 Å². The molecule has 0 amide bonds. The molecule has 78 valence electrons. The quantitative estimate of drug-likeness (QED) is 0.673. The van der Waals surface area contributed by atoms with Crippen LogP contribution >= 0.6 is 0 Å². The number of nitrogens with two attached hydrogens (primary N) is 1. The fourth-order valence-electron chi connectivity index (χ4n) is 1.40. The van der Waals surface area contributed by atoms with Crippen molar-refractivity contribution in [2.45, 2.75) is 32.9 Å². The molecule has 0 radical (unpaired) electrons. The second-order valence-electron chi connectivity index (χ2n) is 3.30. The Balaban J connectivity index is 3.27. The maximum absolute atomic E-state index is 9.76. The lowest BCUT2D eigenvalue weighted by Crippen LogP contribution is -2.13. The van der Waals surface area contributed by atoms with Gasteiger partial charge in [-0.15, -0.1) is 0 Å². The van der Waals surface area contributed by atoms with E-state index >= 15 is 0 Å². The topological polar surface area (TPSA) is 79.4 Å². The fraction of sp³-hybridized carbons (Fsp3) is 0.500. The smallest absolute Gasteiger partial charge is 0.141 e. The summed E-state index contributed by atoms with van der Waals surface area (Å²) in [5.74, 6) is 0.103. The van der Waals surface area contributed by atoms with Crippen molar-refractivity contribution in [1.29, 1.82) is 0 Å². The van der Waals surface area contributed by atoms with Gasteiger partial charge in [0.25, 0.3) is 0 Å². The summed E-state index contributed by atoms with van der Waals surface area (Å²) < 4.78 is 0. The lowest BCUT2D eigenvalue weighted by atomic mass is 9.99. The van der Waals surface area contributed by atoms with Crippen LogP contribution < -0.4 is 5.73 Å². The third kappa shape index (κ3) is 1.86. The second kappa shape index (κ2) is 4.39. The second-order valence-corrected chi connectivity index (χ2v) is 3.30. The molecule has 0 aliphatic rings. The van der Waals surface area contributed by atoms with Crippen LogP contribution in [0.4, 0.5) is 0 Å². The molecule has 14 heavy (non-hydrogen) atoms. The average molecular weight is 196 g/mol. The van der Waals surface area contributed by atoms with Gasteiger partial charge < -0.3 is 15.9 Å². The molecule has 0 saturated carbocycles. The fourth-order valence-corrected chi connectivity index (χ4v) is 1.40. The molecule has 1 heterocycles. The Hall–Kier alpha value is -1.13. The predicted octanol–water partition coefficient (Wildman–Crippen LogP) is 0.998. The highest BCUT2D eigenvalue weighted by molar-refractivity contribution is 5.42. The number of aromatic hydroxyl groups is 1. The van der Waals surface area contributed by atoms with E-state index in [2.05, 4.69) is 4.98 Å². The molecule has 1 aromatic rings. The average Bonchev–Trinajstić information content (AvgIpc) is 2.20. The van der Waals surface area contributed by atoms with Crippen molar-refractivity contribution in [2.75, 3.05) is 0 Å². The zero-order chi connectivity index (χ0) is 10.7. The van der Waals surface area contributed by atoms with Crippen LogP contribution in [0.1, 0.15) is 36.2 Å². The van der Waals surface area contributed by atoms with Gasteiger partial charge >= 0.3 is 0 Å². The van der Waals surface area contributed by atoms with Crippen molar-refractivity contribution in [1.82, 2.24) is 4.98 Å². The first-order valence-corrected chi connectivity index (χ1v) is 4.65. The van der Waals surface area contributed by atoms with Crippen LogP contribution in [0.3, 0.4) is 0 Å². The van der Waals surface area contributed by atoms with Crippen molar-refractivity contribution in [3.63, 3.8) is 0 Å². The number of pyridine rings is 1. The maximum Gasteiger partial charge on any atom is 0.141 e. The minimum absolute atomic E-state index is 0.103. The molecule has 0 spiro atoms. The standard InChI is InChI=1S/C10H16N2O2/c1-3-8(11)9-7(5-13)4-12-6(2)10(9)14/h4,8,13-14H,3,5,11H2,1-2H3/t8-/m0/s1. The number of aromatic nitrogens is 1. The molecule has 0 unspecified atom stereocenters. The van der Waals surface area contributed by atoms with E-state index in [9.17, 15) is 5.11 Å². The first-order valence-electron chi connectivity index (χ1n) is 4.65. The van der Waals surface area contributed by atoms with Gasteiger partial charge in [-0.3, -0.25) is 4.98 Å². The molecular formula is C10H16N2O2. The van der Waals surface area contributed by atoms with Gasteiger partial charge in [0, 0.05) is 23.4 Å². The third-order valence-corrected chi connectivity index (χ3v) is 2.34. The van der Waals surface area contributed by atoms with E-state index in [1.165, 1.54) is 0 Å². The molecule has 0 aliphatic carbocycles. The van der Waals surface area contributed by atoms with Gasteiger partial charge in [0.1, 0.15) is 5.75 Å². The summed E-state index contributed by atoms with van der Waals surface area (Å²) in [6, 6.07) is -0.251. The van der Waals surface area contributed by atoms with E-state index in [4.69, 9.17) is 10.8 Å². The normalized spacial score (nSPS) is 12.9. The maximum atomic E-state index is 9.76. The Morgan fingerprint density at radius 3 is 2.71 bits per heavy atom. The van der Waals surface area contributed by atoms with E-state index in [0.29, 0.717) is 23.2 Å². The van der Waals surface area contributed by atoms with Crippen molar-refractivity contribution in [2.24, 2.45) is 5.73 Å². The van der Waals surface area contributed by atoms with Gasteiger partial charge in [0.05, 0.1) is 12.3 Å². The SMILES string of the molecule is CC[C@H](N)c1c(CO)cnc(C)c1O. The number of hydrogen-bond acceptors (Lipinski definition) is 4. The van der Waals surface area contributed by atoms with Crippen molar-refractivity contribution in [3.05, 3.63) is 23.0 Å². The van der Waals surface area contributed by atoms with Gasteiger partial charge in [-0.05, 0) is 13.3 Å². The lowest BCUT2D eigenvalue weighted by molar-refractivity contribution is 0.278. The number of nitrogens with zero attached hydrogens (tertiary/aromatic N) is 1. The molecule has 0 bridgehead atoms. The first kappa shape index (κ1) is 10.9. The largest absolute Gasteiger partial charge is 0.506 e. The monoisotopic (exact) mass is 196 g/mol. The summed E-state index contributed by atoms with van der Waals surface area (Å²) in [5.41, 5.74) is 7.60. The lowest BCUT2D eigenvalue weighted by Gasteiger charge is -2.16. The van der Waals surface area contributed by atoms with Gasteiger partial charge in [-0.2, -0.15) is 0 Å². The molecule has 4 N–H and O–H groups in total. The molecule has 0 aromatic carbocycles. The molecule has 0 saturated heterocycles. The van der Waals surface area contributed by atoms with Crippen LogP contribution in [-0.2, 0) is 6.61 Å². The predicted molar refractivity (Wildman–Crippen MR) is 53.8 cm³/mol. The molecule has 0 aliphatic heterocycles. The Kier molecular flexibility index (Phi) is 3.43. The summed E-state index contributed by atoms with van der Waals surface area (Å²) in [4.78, 5) is 3.96. The van der Waals surface area contributed by atoms with Crippen molar-refractivity contribution < 1.29 is 10.2 Å². The highest BCUT2D eigenvalue weighted by atomic mass is 16.3. The highest BCUT2D eigenvalue weighted by Crippen LogP contribution is 2.29. The summed E-state index contributed by atoms with van der Waals surface area (Å²) >= 11 is 0. The number of rotatable bonds is 3. The Bertz CT molecular complexity index is 326. The number of aliphatic hydroxyl groups excluding tert-OH is 1. The van der Waals surface area contributed by atoms with Gasteiger partial charge in [-0.25, -0.2) is 0 Å². The van der Waals surface area contributed by atoms with Crippen LogP contribution in [0.2, 0.25) is 0 Å². The number of aliphatic hydroxyl groups is 1. The van der Waals surface area contributed by atoms with E-state index in [1.807, 2.05) is 6.92 Å². The van der Waals surface area contributed by atoms with Crippen LogP contribution in [0.5, 0.6) is 5.75 Å². The molecule has 1 atom stereocenters. The van der Waals surface area contributed by atoms with Crippen LogP contribution in [-0.4, -0.2) is 15.2 Å². The first-order chi connectivity index (χ1) is 6.61. The minimum atomic E-state index is -0.251. The molecule has 0 fully saturated rings. The Morgan fingerprint density at radius 2 is 2.21 bits per heavy atom. The Morgan fingerprint density at radius 1 is 1.57 bits per heavy atom. The zero-order valence-corrected chi connectivity index (χ0v) is 8.49. The number of aryl methyl sites for hydroxylation is 1. The summed E-state index contributed by atoms with van der Waals surface area (Å²) in [6.45, 7) is 3.49. The van der Waals surface area contributed by atoms with Crippen LogP contribution in [0.25, 0.3) is 0 Å².